The van der Waals surface area contributed by atoms with Crippen LogP contribution in [0, 0.1) is 10.1 Å². The lowest BCUT2D eigenvalue weighted by Crippen LogP contribution is -2.27. The Labute approximate surface area is 146 Å². The molecule has 0 heterocycles. The van der Waals surface area contributed by atoms with Crippen LogP contribution in [0.2, 0.25) is 5.02 Å². The first-order valence-corrected chi connectivity index (χ1v) is 7.79. The average molecular weight is 350 g/mol. The molecule has 128 valence electrons. The van der Waals surface area contributed by atoms with Gasteiger partial charge in [-0.25, -0.2) is 0 Å². The molecule has 6 nitrogen and oxygen atoms in total. The smallest absolute Gasteiger partial charge is 0.271 e. The molecule has 24 heavy (non-hydrogen) atoms. The molecule has 0 radical (unpaired) electrons. The van der Waals surface area contributed by atoms with E-state index in [-0.39, 0.29) is 11.7 Å². The van der Waals surface area contributed by atoms with E-state index in [0.29, 0.717) is 17.3 Å². The summed E-state index contributed by atoms with van der Waals surface area (Å²) in [6.45, 7) is 0.574. The molecule has 0 aromatic heterocycles. The van der Waals surface area contributed by atoms with E-state index in [1.165, 1.54) is 12.1 Å². The standard InChI is InChI=1S/C17H20ClN3O3/c1-20(2)16(13-6-4-5-7-17(13)24-3)11-19-15-9-8-12(21(22)23)10-14(15)18/h4-10,16,19H,11H2,1-3H3/t16-/m1/s1. The van der Waals surface area contributed by atoms with Crippen molar-refractivity contribution >= 4 is 23.0 Å². The molecule has 0 aliphatic rings. The minimum atomic E-state index is -0.465. The van der Waals surface area contributed by atoms with Gasteiger partial charge in [-0.2, -0.15) is 0 Å². The van der Waals surface area contributed by atoms with Crippen LogP contribution in [0.25, 0.3) is 0 Å². The second kappa shape index (κ2) is 7.99. The molecule has 0 aliphatic carbocycles. The summed E-state index contributed by atoms with van der Waals surface area (Å²) in [5, 5.41) is 14.4. The number of hydrogen-bond acceptors (Lipinski definition) is 5. The predicted octanol–water partition coefficient (Wildman–Crippen LogP) is 3.97. The van der Waals surface area contributed by atoms with Gasteiger partial charge in [0.25, 0.3) is 5.69 Å². The third-order valence-electron chi connectivity index (χ3n) is 3.77. The van der Waals surface area contributed by atoms with Crippen LogP contribution >= 0.6 is 11.6 Å². The number of nitro benzene ring substituents is 1. The van der Waals surface area contributed by atoms with Crippen molar-refractivity contribution < 1.29 is 9.66 Å². The van der Waals surface area contributed by atoms with Crippen LogP contribution < -0.4 is 10.1 Å². The number of halogens is 1. The summed E-state index contributed by atoms with van der Waals surface area (Å²) in [6, 6.07) is 12.3. The van der Waals surface area contributed by atoms with Crippen LogP contribution in [-0.2, 0) is 0 Å². The first kappa shape index (κ1) is 18.0. The molecule has 2 aromatic carbocycles. The monoisotopic (exact) mass is 349 g/mol. The van der Waals surface area contributed by atoms with Crippen molar-refractivity contribution in [1.29, 1.82) is 0 Å². The molecule has 7 heteroatoms. The molecule has 1 N–H and O–H groups in total. The van der Waals surface area contributed by atoms with Gasteiger partial charge in [0.1, 0.15) is 5.75 Å². The minimum Gasteiger partial charge on any atom is -0.496 e. The fourth-order valence-corrected chi connectivity index (χ4v) is 2.72. The molecule has 1 atom stereocenters. The maximum atomic E-state index is 10.8. The van der Waals surface area contributed by atoms with E-state index in [2.05, 4.69) is 10.2 Å². The Hall–Kier alpha value is -2.31. The molecular formula is C17H20ClN3O3. The van der Waals surface area contributed by atoms with Gasteiger partial charge in [0, 0.05) is 24.2 Å². The Kier molecular flexibility index (Phi) is 6.00. The topological polar surface area (TPSA) is 67.6 Å². The summed E-state index contributed by atoms with van der Waals surface area (Å²) in [7, 11) is 5.61. The minimum absolute atomic E-state index is 0.0283. The highest BCUT2D eigenvalue weighted by Crippen LogP contribution is 2.30. The molecule has 0 amide bonds. The lowest BCUT2D eigenvalue weighted by molar-refractivity contribution is -0.384. The van der Waals surface area contributed by atoms with E-state index in [1.807, 2.05) is 38.4 Å². The van der Waals surface area contributed by atoms with Crippen LogP contribution in [0.15, 0.2) is 42.5 Å². The Morgan fingerprint density at radius 3 is 2.58 bits per heavy atom. The number of ether oxygens (including phenoxy) is 1. The molecule has 0 bridgehead atoms. The SMILES string of the molecule is COc1ccccc1[C@@H](CNc1ccc([N+](=O)[O-])cc1Cl)N(C)C. The van der Waals surface area contributed by atoms with E-state index in [9.17, 15) is 10.1 Å². The Morgan fingerprint density at radius 1 is 1.29 bits per heavy atom. The van der Waals surface area contributed by atoms with Crippen LogP contribution in [-0.4, -0.2) is 37.6 Å². The van der Waals surface area contributed by atoms with E-state index >= 15 is 0 Å². The molecular weight excluding hydrogens is 330 g/mol. The van der Waals surface area contributed by atoms with Crippen molar-refractivity contribution in [1.82, 2.24) is 4.90 Å². The number of likely N-dealkylation sites (N-methyl/N-ethyl adjacent to an activating group) is 1. The summed E-state index contributed by atoms with van der Waals surface area (Å²) < 4.78 is 5.44. The van der Waals surface area contributed by atoms with Gasteiger partial charge in [-0.05, 0) is 26.2 Å². The number of non-ortho nitro benzene ring substituents is 1. The summed E-state index contributed by atoms with van der Waals surface area (Å²) in [5.74, 6) is 0.813. The van der Waals surface area contributed by atoms with E-state index < -0.39 is 4.92 Å². The number of anilines is 1. The number of rotatable bonds is 7. The fourth-order valence-electron chi connectivity index (χ4n) is 2.48. The van der Waals surface area contributed by atoms with Gasteiger partial charge < -0.3 is 15.0 Å². The predicted molar refractivity (Wildman–Crippen MR) is 96.0 cm³/mol. The highest BCUT2D eigenvalue weighted by Gasteiger charge is 2.19. The number of nitrogens with one attached hydrogen (secondary N) is 1. The van der Waals surface area contributed by atoms with E-state index in [4.69, 9.17) is 16.3 Å². The molecule has 2 aromatic rings. The molecule has 2 rings (SSSR count). The third-order valence-corrected chi connectivity index (χ3v) is 4.08. The van der Waals surface area contributed by atoms with Crippen molar-refractivity contribution in [3.63, 3.8) is 0 Å². The van der Waals surface area contributed by atoms with Crippen LogP contribution in [0.3, 0.4) is 0 Å². The first-order chi connectivity index (χ1) is 11.4. The van der Waals surface area contributed by atoms with Crippen LogP contribution in [0.4, 0.5) is 11.4 Å². The van der Waals surface area contributed by atoms with Crippen LogP contribution in [0.1, 0.15) is 11.6 Å². The van der Waals surface area contributed by atoms with Gasteiger partial charge in [-0.3, -0.25) is 10.1 Å². The molecule has 0 aliphatic heterocycles. The molecule has 0 spiro atoms. The second-order valence-electron chi connectivity index (χ2n) is 5.52. The summed E-state index contributed by atoms with van der Waals surface area (Å²) in [4.78, 5) is 12.4. The van der Waals surface area contributed by atoms with Gasteiger partial charge >= 0.3 is 0 Å². The van der Waals surface area contributed by atoms with Crippen LogP contribution in [0.5, 0.6) is 5.75 Å². The van der Waals surface area contributed by atoms with Crippen molar-refractivity contribution in [3.8, 4) is 5.75 Å². The van der Waals surface area contributed by atoms with Crippen molar-refractivity contribution in [3.05, 3.63) is 63.2 Å². The van der Waals surface area contributed by atoms with Gasteiger partial charge in [0.15, 0.2) is 0 Å². The second-order valence-corrected chi connectivity index (χ2v) is 5.93. The van der Waals surface area contributed by atoms with Gasteiger partial charge in [0.2, 0.25) is 0 Å². The number of hydrogen-bond donors (Lipinski definition) is 1. The largest absolute Gasteiger partial charge is 0.496 e. The molecule has 0 saturated heterocycles. The van der Waals surface area contributed by atoms with E-state index in [0.717, 1.165) is 11.3 Å². The maximum Gasteiger partial charge on any atom is 0.271 e. The Bertz CT molecular complexity index is 722. The van der Waals surface area contributed by atoms with Crippen molar-refractivity contribution in [2.75, 3.05) is 33.1 Å². The number of benzene rings is 2. The summed E-state index contributed by atoms with van der Waals surface area (Å²) in [6.07, 6.45) is 0. The number of methoxy groups -OCH3 is 1. The normalized spacial score (nSPS) is 12.0. The molecule has 0 fully saturated rings. The first-order valence-electron chi connectivity index (χ1n) is 7.41. The zero-order valence-electron chi connectivity index (χ0n) is 13.8. The number of nitrogens with zero attached hydrogens (tertiary/aromatic N) is 2. The number of nitro groups is 1. The maximum absolute atomic E-state index is 10.8. The zero-order valence-corrected chi connectivity index (χ0v) is 14.6. The lowest BCUT2D eigenvalue weighted by Gasteiger charge is -2.27. The van der Waals surface area contributed by atoms with Gasteiger partial charge in [0.05, 0.1) is 28.8 Å². The lowest BCUT2D eigenvalue weighted by atomic mass is 10.0. The fraction of sp³-hybridized carbons (Fsp3) is 0.294. The van der Waals surface area contributed by atoms with Crippen molar-refractivity contribution in [2.24, 2.45) is 0 Å². The summed E-state index contributed by atoms with van der Waals surface area (Å²) >= 11 is 6.14. The zero-order chi connectivity index (χ0) is 17.7. The third kappa shape index (κ3) is 4.15. The van der Waals surface area contributed by atoms with Gasteiger partial charge in [-0.15, -0.1) is 0 Å². The van der Waals surface area contributed by atoms with Crippen molar-refractivity contribution in [2.45, 2.75) is 6.04 Å². The number of para-hydroxylation sites is 1. The summed E-state index contributed by atoms with van der Waals surface area (Å²) in [5.41, 5.74) is 1.68. The molecule has 0 unspecified atom stereocenters. The molecule has 0 saturated carbocycles. The average Bonchev–Trinajstić information content (AvgIpc) is 2.56. The highest BCUT2D eigenvalue weighted by atomic mass is 35.5. The van der Waals surface area contributed by atoms with E-state index in [1.54, 1.807) is 13.2 Å². The quantitative estimate of drug-likeness (QED) is 0.605. The van der Waals surface area contributed by atoms with Gasteiger partial charge in [-0.1, -0.05) is 29.8 Å². The Balaban J connectivity index is 2.19. The Morgan fingerprint density at radius 2 is 2.00 bits per heavy atom. The highest BCUT2D eigenvalue weighted by molar-refractivity contribution is 6.33.